The van der Waals surface area contributed by atoms with Gasteiger partial charge in [-0.05, 0) is 16.2 Å². The monoisotopic (exact) mass is 166 g/mol. The third-order valence-electron chi connectivity index (χ3n) is 0. The van der Waals surface area contributed by atoms with Gasteiger partial charge in [-0.15, -0.1) is 0 Å². The maximum Gasteiger partial charge on any atom is 0.0498 e. The Kier molecular flexibility index (Phi) is 55.2. The van der Waals surface area contributed by atoms with E-state index in [1.807, 2.05) is 9.24 Å². The van der Waals surface area contributed by atoms with Crippen molar-refractivity contribution < 1.29 is 17.0 Å². The first-order chi connectivity index (χ1) is 1.41. The molecule has 0 aliphatic heterocycles. The van der Waals surface area contributed by atoms with Gasteiger partial charge >= 0.3 is 0 Å². The van der Waals surface area contributed by atoms with Crippen LogP contribution in [-0.4, -0.2) is 29.2 Å². The topological polar surface area (TPSA) is 0 Å². The van der Waals surface area contributed by atoms with Gasteiger partial charge in [0.1, 0.15) is 0 Å². The van der Waals surface area contributed by atoms with Crippen LogP contribution in [0.15, 0.2) is 0 Å². The Labute approximate surface area is 62.2 Å². The van der Waals surface area contributed by atoms with Gasteiger partial charge < -0.3 is 17.0 Å². The molecule has 0 amide bonds. The van der Waals surface area contributed by atoms with Gasteiger partial charge in [0.25, 0.3) is 0 Å². The highest BCUT2D eigenvalue weighted by Crippen LogP contribution is 1.68. The molecule has 30 valence electrons. The first-order valence-corrected chi connectivity index (χ1v) is 2.21. The Bertz CT molecular complexity index is 9.61. The summed E-state index contributed by atoms with van der Waals surface area (Å²) in [5.41, 5.74) is 0. The molecule has 0 aromatic rings. The molecule has 0 fully saturated rings. The lowest BCUT2D eigenvalue weighted by molar-refractivity contribution is -0.000000812. The summed E-state index contributed by atoms with van der Waals surface area (Å²) in [6.07, 6.45) is 1.28. The summed E-state index contributed by atoms with van der Waals surface area (Å²) < 4.78 is 0. The molecule has 0 N–H and O–H groups in total. The van der Waals surface area contributed by atoms with Crippen LogP contribution in [0.25, 0.3) is 0 Å². The van der Waals surface area contributed by atoms with Crippen molar-refractivity contribution in [2.24, 2.45) is 0 Å². The van der Waals surface area contributed by atoms with Gasteiger partial charge in [-0.3, -0.25) is 0 Å². The van der Waals surface area contributed by atoms with Gasteiger partial charge in [-0.1, -0.05) is 0 Å². The molecule has 0 aromatic carbocycles. The highest BCUT2D eigenvalue weighted by molar-refractivity contribution is 7.16. The van der Waals surface area contributed by atoms with E-state index in [9.17, 15) is 0 Å². The minimum Gasteiger partial charge on any atom is -1.00 e. The van der Waals surface area contributed by atoms with E-state index in [1.54, 1.807) is 0 Å². The van der Waals surface area contributed by atoms with Gasteiger partial charge in [0, 0.05) is 29.2 Å². The van der Waals surface area contributed by atoms with Crippen LogP contribution in [0, 0.1) is 0 Å². The van der Waals surface area contributed by atoms with E-state index in [-0.39, 0.29) is 40.0 Å². The number of halogens is 1. The van der Waals surface area contributed by atoms with Crippen LogP contribution in [0.4, 0.5) is 0 Å². The van der Waals surface area contributed by atoms with Gasteiger partial charge in [-0.25, -0.2) is 0 Å². The lowest BCUT2D eigenvalue weighted by atomic mass is 11.0. The normalized spacial score (nSPS) is 4.20. The van der Waals surface area contributed by atoms with Gasteiger partial charge in [0.15, 0.2) is 0 Å². The summed E-state index contributed by atoms with van der Waals surface area (Å²) in [6.45, 7) is 2.14. The van der Waals surface area contributed by atoms with Crippen LogP contribution in [0.1, 0.15) is 6.92 Å². The number of hydrogen-bond acceptors (Lipinski definition) is 0. The second kappa shape index (κ2) is 17.3. The molecule has 0 nitrogen and oxygen atoms in total. The Balaban J connectivity index is -0.0000000200. The Morgan fingerprint density at radius 1 is 1.60 bits per heavy atom. The predicted molar refractivity (Wildman–Crippen MR) is 27.4 cm³/mol. The minimum absolute atomic E-state index is 0. The van der Waals surface area contributed by atoms with Gasteiger partial charge in [0.05, 0.1) is 0 Å². The summed E-state index contributed by atoms with van der Waals surface area (Å²) in [4.78, 5) is 0. The first-order valence-electron chi connectivity index (χ1n) is 1.21. The maximum absolute atomic E-state index is 2.14. The largest absolute Gasteiger partial charge is 1.00 e. The lowest BCUT2D eigenvalue weighted by Crippen LogP contribution is -3.00. The fraction of sp³-hybridized carbons (Fsp3) is 1.00. The van der Waals surface area contributed by atoms with Crippen molar-refractivity contribution in [3.05, 3.63) is 0 Å². The van der Waals surface area contributed by atoms with E-state index in [2.05, 4.69) is 6.92 Å². The second-order valence-corrected chi connectivity index (χ2v) is 1.50. The zero-order valence-electron chi connectivity index (χ0n) is 3.50. The molecule has 0 saturated carbocycles. The molecule has 5 heavy (non-hydrogen) atoms. The van der Waals surface area contributed by atoms with Crippen LogP contribution in [-0.2, 0) is 0 Å². The Morgan fingerprint density at radius 3 is 1.60 bits per heavy atom. The molecule has 0 rings (SSSR count). The number of hydrogen-bond donors (Lipinski definition) is 0. The van der Waals surface area contributed by atoms with Crippen molar-refractivity contribution >= 4 is 32.3 Å². The summed E-state index contributed by atoms with van der Waals surface area (Å²) in [5, 5.41) is 0. The second-order valence-electron chi connectivity index (χ2n) is 0.500. The summed E-state index contributed by atoms with van der Waals surface area (Å²) in [7, 11) is 1.97. The standard InChI is InChI=1S/C2H7P.BrH.Mg/c1-2-3;;/h2-3H2,1H3;1H;. The molecule has 0 saturated heterocycles. The average Bonchev–Trinajstić information content (AvgIpc) is 0.918. The van der Waals surface area contributed by atoms with Crippen LogP contribution >= 0.6 is 9.24 Å². The van der Waals surface area contributed by atoms with E-state index in [0.717, 1.165) is 0 Å². The molecule has 0 aliphatic carbocycles. The minimum atomic E-state index is 0. The predicted octanol–water partition coefficient (Wildman–Crippen LogP) is -2.76. The molecule has 0 aliphatic rings. The average molecular weight is 167 g/mol. The lowest BCUT2D eigenvalue weighted by Gasteiger charge is -1.40. The van der Waals surface area contributed by atoms with Crippen molar-refractivity contribution in [2.45, 2.75) is 6.92 Å². The van der Waals surface area contributed by atoms with Crippen LogP contribution in [0.3, 0.4) is 0 Å². The van der Waals surface area contributed by atoms with Gasteiger partial charge in [-0.2, -0.15) is 0 Å². The van der Waals surface area contributed by atoms with E-state index < -0.39 is 0 Å². The maximum atomic E-state index is 2.14. The molecule has 1 unspecified atom stereocenters. The van der Waals surface area contributed by atoms with Crippen molar-refractivity contribution in [1.82, 2.24) is 0 Å². The molecular formula is C2H8BrMgP. The summed E-state index contributed by atoms with van der Waals surface area (Å²) in [5.74, 6) is 0. The highest BCUT2D eigenvalue weighted by atomic mass is 79.9. The van der Waals surface area contributed by atoms with Crippen LogP contribution < -0.4 is 17.0 Å². The third kappa shape index (κ3) is 27.3. The van der Waals surface area contributed by atoms with E-state index >= 15 is 0 Å². The zero-order chi connectivity index (χ0) is 2.71. The van der Waals surface area contributed by atoms with Crippen molar-refractivity contribution in [3.63, 3.8) is 0 Å². The van der Waals surface area contributed by atoms with E-state index in [4.69, 9.17) is 0 Å². The van der Waals surface area contributed by atoms with Crippen molar-refractivity contribution in [2.75, 3.05) is 6.16 Å². The smallest absolute Gasteiger partial charge is 0.0498 e. The SMILES string of the molecule is CC[PH3+].[Br-].[Mg]. The molecule has 0 bridgehead atoms. The summed E-state index contributed by atoms with van der Waals surface area (Å²) in [6, 6.07) is 0. The van der Waals surface area contributed by atoms with Gasteiger partial charge in [0.2, 0.25) is 0 Å². The Morgan fingerprint density at radius 2 is 1.60 bits per heavy atom. The fourth-order valence-electron chi connectivity index (χ4n) is 0. The summed E-state index contributed by atoms with van der Waals surface area (Å²) >= 11 is 0. The molecule has 3 heteroatoms. The Hall–Kier alpha value is 1.68. The molecule has 2 radical (unpaired) electrons. The third-order valence-corrected chi connectivity index (χ3v) is 0. The van der Waals surface area contributed by atoms with E-state index in [1.165, 1.54) is 6.16 Å². The highest BCUT2D eigenvalue weighted by Gasteiger charge is 1.43. The molecular weight excluding hydrogens is 159 g/mol. The quantitative estimate of drug-likeness (QED) is 0.271. The van der Waals surface area contributed by atoms with Crippen molar-refractivity contribution in [1.29, 1.82) is 0 Å². The first kappa shape index (κ1) is 15.9. The van der Waals surface area contributed by atoms with Crippen LogP contribution in [0.2, 0.25) is 0 Å². The number of rotatable bonds is 0. The zero-order valence-corrected chi connectivity index (χ0v) is 7.91. The molecule has 0 spiro atoms. The fourth-order valence-corrected chi connectivity index (χ4v) is 0. The van der Waals surface area contributed by atoms with Crippen LogP contribution in [0.5, 0.6) is 0 Å². The molecule has 0 aromatic heterocycles. The molecule has 1 atom stereocenters. The van der Waals surface area contributed by atoms with E-state index in [0.29, 0.717) is 0 Å². The molecule has 0 heterocycles. The van der Waals surface area contributed by atoms with Crippen molar-refractivity contribution in [3.8, 4) is 0 Å².